The van der Waals surface area contributed by atoms with Crippen LogP contribution in [0, 0.1) is 0 Å². The molecule has 0 amide bonds. The lowest BCUT2D eigenvalue weighted by Gasteiger charge is -2.02. The molecule has 0 aliphatic heterocycles. The molecule has 0 unspecified atom stereocenters. The third kappa shape index (κ3) is 4.63. The van der Waals surface area contributed by atoms with E-state index in [0.29, 0.717) is 5.46 Å². The molecule has 130 valence electrons. The minimum absolute atomic E-state index is 0.453. The summed E-state index contributed by atoms with van der Waals surface area (Å²) >= 11 is 3.36. The Morgan fingerprint density at radius 1 is 0.731 bits per heavy atom. The molecule has 0 saturated carbocycles. The van der Waals surface area contributed by atoms with E-state index in [2.05, 4.69) is 36.1 Å². The maximum Gasteiger partial charge on any atom is 0.488 e. The smallest absolute Gasteiger partial charge is 0.423 e. The molecule has 0 atom stereocenters. The highest BCUT2D eigenvalue weighted by Gasteiger charge is 2.09. The number of halogens is 1. The highest BCUT2D eigenvalue weighted by Crippen LogP contribution is 2.12. The van der Waals surface area contributed by atoms with E-state index in [1.54, 1.807) is 46.3 Å². The zero-order valence-electron chi connectivity index (χ0n) is 13.5. The molecular formula is C16H14BBrN6O2. The van der Waals surface area contributed by atoms with E-state index < -0.39 is 7.12 Å². The fourth-order valence-electron chi connectivity index (χ4n) is 2.08. The molecule has 0 bridgehead atoms. The average Bonchev–Trinajstić information content (AvgIpc) is 3.37. The zero-order valence-corrected chi connectivity index (χ0v) is 15.0. The molecule has 2 aromatic carbocycles. The highest BCUT2D eigenvalue weighted by molar-refractivity contribution is 9.10. The summed E-state index contributed by atoms with van der Waals surface area (Å²) in [4.78, 5) is 7.67. The lowest BCUT2D eigenvalue weighted by molar-refractivity contribution is 0.426. The molecule has 0 spiro atoms. The van der Waals surface area contributed by atoms with Crippen LogP contribution in [0.15, 0.2) is 78.3 Å². The van der Waals surface area contributed by atoms with E-state index in [1.807, 2.05) is 24.3 Å². The normalized spacial score (nSPS) is 10.1. The molecule has 2 N–H and O–H groups in total. The van der Waals surface area contributed by atoms with Gasteiger partial charge in [-0.15, -0.1) is 0 Å². The second-order valence-corrected chi connectivity index (χ2v) is 6.04. The van der Waals surface area contributed by atoms with Crippen molar-refractivity contribution in [2.24, 2.45) is 0 Å². The molecule has 0 fully saturated rings. The Morgan fingerprint density at radius 3 is 1.58 bits per heavy atom. The summed E-state index contributed by atoms with van der Waals surface area (Å²) in [5.41, 5.74) is 2.29. The SMILES string of the molecule is Brc1ccc(-n2cncn2)cc1.OB(O)c1ccc(-n2cncn2)cc1. The van der Waals surface area contributed by atoms with Gasteiger partial charge in [0.05, 0.1) is 11.4 Å². The van der Waals surface area contributed by atoms with Crippen molar-refractivity contribution in [2.75, 3.05) is 0 Å². The van der Waals surface area contributed by atoms with Crippen molar-refractivity contribution >= 4 is 28.5 Å². The third-order valence-corrected chi connectivity index (χ3v) is 3.91. The van der Waals surface area contributed by atoms with Crippen LogP contribution in [-0.4, -0.2) is 46.7 Å². The first-order chi connectivity index (χ1) is 12.6. The van der Waals surface area contributed by atoms with Gasteiger partial charge in [0.1, 0.15) is 25.3 Å². The van der Waals surface area contributed by atoms with Gasteiger partial charge in [0, 0.05) is 4.47 Å². The lowest BCUT2D eigenvalue weighted by atomic mass is 9.80. The fraction of sp³-hybridized carbons (Fsp3) is 0. The van der Waals surface area contributed by atoms with Gasteiger partial charge < -0.3 is 10.0 Å². The predicted octanol–water partition coefficient (Wildman–Crippen LogP) is 0.977. The molecule has 0 radical (unpaired) electrons. The molecule has 2 heterocycles. The molecule has 4 aromatic rings. The van der Waals surface area contributed by atoms with Crippen LogP contribution >= 0.6 is 15.9 Å². The van der Waals surface area contributed by atoms with Crippen LogP contribution in [0.4, 0.5) is 0 Å². The van der Waals surface area contributed by atoms with Crippen LogP contribution < -0.4 is 5.46 Å². The van der Waals surface area contributed by atoms with Gasteiger partial charge in [-0.3, -0.25) is 0 Å². The average molecular weight is 413 g/mol. The summed E-state index contributed by atoms with van der Waals surface area (Å²) in [6.45, 7) is 0. The maximum absolute atomic E-state index is 8.87. The lowest BCUT2D eigenvalue weighted by Crippen LogP contribution is -2.29. The van der Waals surface area contributed by atoms with Crippen molar-refractivity contribution in [2.45, 2.75) is 0 Å². The van der Waals surface area contributed by atoms with Crippen molar-refractivity contribution in [1.29, 1.82) is 0 Å². The Bertz CT molecular complexity index is 913. The Balaban J connectivity index is 0.000000152. The van der Waals surface area contributed by atoms with Crippen LogP contribution in [0.1, 0.15) is 0 Å². The van der Waals surface area contributed by atoms with Crippen molar-refractivity contribution in [3.8, 4) is 11.4 Å². The van der Waals surface area contributed by atoms with E-state index in [0.717, 1.165) is 15.8 Å². The summed E-state index contributed by atoms with van der Waals surface area (Å²) in [6, 6.07) is 14.6. The summed E-state index contributed by atoms with van der Waals surface area (Å²) in [6.07, 6.45) is 6.20. The maximum atomic E-state index is 8.87. The van der Waals surface area contributed by atoms with E-state index >= 15 is 0 Å². The van der Waals surface area contributed by atoms with Crippen LogP contribution in [0.5, 0.6) is 0 Å². The fourth-order valence-corrected chi connectivity index (χ4v) is 2.34. The number of hydrogen-bond acceptors (Lipinski definition) is 6. The van der Waals surface area contributed by atoms with Gasteiger partial charge in [-0.1, -0.05) is 28.1 Å². The first kappa shape index (κ1) is 18.0. The van der Waals surface area contributed by atoms with Gasteiger partial charge in [0.25, 0.3) is 0 Å². The molecular weight excluding hydrogens is 399 g/mol. The summed E-state index contributed by atoms with van der Waals surface area (Å²) < 4.78 is 4.37. The molecule has 0 aliphatic carbocycles. The number of benzene rings is 2. The predicted molar refractivity (Wildman–Crippen MR) is 100 cm³/mol. The molecule has 10 heteroatoms. The Kier molecular flexibility index (Phi) is 5.90. The van der Waals surface area contributed by atoms with Crippen LogP contribution in [0.2, 0.25) is 0 Å². The minimum Gasteiger partial charge on any atom is -0.423 e. The summed E-state index contributed by atoms with van der Waals surface area (Å²) in [7, 11) is -1.43. The van der Waals surface area contributed by atoms with Crippen molar-refractivity contribution in [1.82, 2.24) is 29.5 Å². The van der Waals surface area contributed by atoms with Gasteiger partial charge in [-0.2, -0.15) is 10.2 Å². The first-order valence-electron chi connectivity index (χ1n) is 7.55. The second-order valence-electron chi connectivity index (χ2n) is 5.12. The highest BCUT2D eigenvalue weighted by atomic mass is 79.9. The molecule has 8 nitrogen and oxygen atoms in total. The van der Waals surface area contributed by atoms with Crippen LogP contribution in [0.25, 0.3) is 11.4 Å². The largest absolute Gasteiger partial charge is 0.488 e. The monoisotopic (exact) mass is 412 g/mol. The van der Waals surface area contributed by atoms with E-state index in [-0.39, 0.29) is 0 Å². The number of aromatic nitrogens is 6. The minimum atomic E-state index is -1.43. The van der Waals surface area contributed by atoms with Crippen molar-refractivity contribution < 1.29 is 10.0 Å². The number of nitrogens with zero attached hydrogens (tertiary/aromatic N) is 6. The number of hydrogen-bond donors (Lipinski definition) is 2. The van der Waals surface area contributed by atoms with E-state index in [4.69, 9.17) is 10.0 Å². The van der Waals surface area contributed by atoms with Gasteiger partial charge in [0.2, 0.25) is 0 Å². The molecule has 26 heavy (non-hydrogen) atoms. The quantitative estimate of drug-likeness (QED) is 0.486. The van der Waals surface area contributed by atoms with E-state index in [1.165, 1.54) is 12.7 Å². The summed E-state index contributed by atoms with van der Waals surface area (Å²) in [5, 5.41) is 25.7. The first-order valence-corrected chi connectivity index (χ1v) is 8.34. The standard InChI is InChI=1S/C8H8BN3O2.C8H6BrN3/c13-9(14)7-1-3-8(4-2-7)12-6-10-5-11-12;9-7-1-3-8(4-2-7)12-6-10-5-11-12/h1-6,13-14H;1-6H. The number of rotatable bonds is 3. The van der Waals surface area contributed by atoms with Crippen molar-refractivity contribution in [3.05, 3.63) is 78.3 Å². The molecule has 0 aliphatic rings. The summed E-state index contributed by atoms with van der Waals surface area (Å²) in [5.74, 6) is 0. The molecule has 0 saturated heterocycles. The molecule has 2 aromatic heterocycles. The Hall–Kier alpha value is -2.82. The van der Waals surface area contributed by atoms with Crippen LogP contribution in [-0.2, 0) is 0 Å². The second kappa shape index (κ2) is 8.52. The van der Waals surface area contributed by atoms with Gasteiger partial charge in [-0.05, 0) is 41.9 Å². The third-order valence-electron chi connectivity index (χ3n) is 3.38. The zero-order chi connectivity index (χ0) is 18.4. The van der Waals surface area contributed by atoms with Gasteiger partial charge >= 0.3 is 7.12 Å². The van der Waals surface area contributed by atoms with Crippen molar-refractivity contribution in [3.63, 3.8) is 0 Å². The van der Waals surface area contributed by atoms with Gasteiger partial charge in [-0.25, -0.2) is 19.3 Å². The Labute approximate surface area is 158 Å². The Morgan fingerprint density at radius 2 is 1.19 bits per heavy atom. The molecule has 4 rings (SSSR count). The van der Waals surface area contributed by atoms with Crippen LogP contribution in [0.3, 0.4) is 0 Å². The topological polar surface area (TPSA) is 102 Å². The van der Waals surface area contributed by atoms with Gasteiger partial charge in [0.15, 0.2) is 0 Å². The van der Waals surface area contributed by atoms with E-state index in [9.17, 15) is 0 Å².